The quantitative estimate of drug-likeness (QED) is 0.640. The predicted octanol–water partition coefficient (Wildman–Crippen LogP) is 3.45. The molecule has 0 radical (unpaired) electrons. The van der Waals surface area contributed by atoms with Crippen LogP contribution in [0, 0.1) is 11.8 Å². The molecule has 0 rings (SSSR count). The number of rotatable bonds is 7. The Labute approximate surface area is 84.3 Å². The lowest BCUT2D eigenvalue weighted by atomic mass is 10.0. The van der Waals surface area contributed by atoms with Crippen LogP contribution in [0.1, 0.15) is 53.9 Å². The van der Waals surface area contributed by atoms with Gasteiger partial charge < -0.3 is 5.32 Å². The highest BCUT2D eigenvalue weighted by Crippen LogP contribution is 2.08. The molecule has 0 saturated heterocycles. The second-order valence-electron chi connectivity index (χ2n) is 4.51. The summed E-state index contributed by atoms with van der Waals surface area (Å²) in [6, 6.07) is 0.712. The summed E-state index contributed by atoms with van der Waals surface area (Å²) in [5, 5.41) is 3.63. The first-order valence-corrected chi connectivity index (χ1v) is 5.85. The predicted molar refractivity (Wildman–Crippen MR) is 61.0 cm³/mol. The second-order valence-corrected chi connectivity index (χ2v) is 4.51. The summed E-state index contributed by atoms with van der Waals surface area (Å²) in [5.74, 6) is 1.64. The van der Waals surface area contributed by atoms with Gasteiger partial charge >= 0.3 is 0 Å². The molecule has 1 N–H and O–H groups in total. The average Bonchev–Trinajstić information content (AvgIpc) is 2.11. The van der Waals surface area contributed by atoms with Crippen LogP contribution in [-0.2, 0) is 0 Å². The zero-order valence-corrected chi connectivity index (χ0v) is 10.1. The van der Waals surface area contributed by atoms with Crippen LogP contribution < -0.4 is 5.32 Å². The van der Waals surface area contributed by atoms with Crippen LogP contribution >= 0.6 is 0 Å². The first-order valence-electron chi connectivity index (χ1n) is 5.85. The van der Waals surface area contributed by atoms with Gasteiger partial charge in [0.1, 0.15) is 0 Å². The van der Waals surface area contributed by atoms with E-state index < -0.39 is 0 Å². The highest BCUT2D eigenvalue weighted by molar-refractivity contribution is 4.68. The van der Waals surface area contributed by atoms with E-state index >= 15 is 0 Å². The van der Waals surface area contributed by atoms with Crippen LogP contribution in [0.4, 0.5) is 0 Å². The van der Waals surface area contributed by atoms with Crippen LogP contribution in [0.2, 0.25) is 0 Å². The molecule has 2 unspecified atom stereocenters. The van der Waals surface area contributed by atoms with Crippen molar-refractivity contribution in [3.63, 3.8) is 0 Å². The van der Waals surface area contributed by atoms with Crippen LogP contribution in [-0.4, -0.2) is 12.6 Å². The summed E-state index contributed by atoms with van der Waals surface area (Å²) in [6.45, 7) is 12.6. The molecular weight excluding hydrogens is 158 g/mol. The Balaban J connectivity index is 3.49. The minimum absolute atomic E-state index is 0.712. The van der Waals surface area contributed by atoms with Gasteiger partial charge in [0, 0.05) is 6.04 Å². The molecule has 0 aromatic carbocycles. The normalized spacial score (nSPS) is 16.2. The maximum atomic E-state index is 3.63. The van der Waals surface area contributed by atoms with Crippen molar-refractivity contribution < 1.29 is 0 Å². The summed E-state index contributed by atoms with van der Waals surface area (Å²) < 4.78 is 0. The Kier molecular flexibility index (Phi) is 7.35. The van der Waals surface area contributed by atoms with Crippen LogP contribution in [0.3, 0.4) is 0 Å². The van der Waals surface area contributed by atoms with Gasteiger partial charge in [0.15, 0.2) is 0 Å². The summed E-state index contributed by atoms with van der Waals surface area (Å²) in [4.78, 5) is 0. The van der Waals surface area contributed by atoms with Gasteiger partial charge in [-0.3, -0.25) is 0 Å². The van der Waals surface area contributed by atoms with E-state index in [4.69, 9.17) is 0 Å². The van der Waals surface area contributed by atoms with Crippen LogP contribution in [0.5, 0.6) is 0 Å². The number of hydrogen-bond acceptors (Lipinski definition) is 1. The molecule has 0 fully saturated rings. The van der Waals surface area contributed by atoms with Crippen molar-refractivity contribution in [1.29, 1.82) is 0 Å². The van der Waals surface area contributed by atoms with Crippen molar-refractivity contribution in [2.75, 3.05) is 6.54 Å². The molecule has 13 heavy (non-hydrogen) atoms. The van der Waals surface area contributed by atoms with E-state index in [1.54, 1.807) is 0 Å². The van der Waals surface area contributed by atoms with Gasteiger partial charge in [0.2, 0.25) is 0 Å². The number of hydrogen-bond donors (Lipinski definition) is 1. The van der Waals surface area contributed by atoms with Crippen LogP contribution in [0.25, 0.3) is 0 Å². The fourth-order valence-corrected chi connectivity index (χ4v) is 1.57. The first kappa shape index (κ1) is 13.0. The highest BCUT2D eigenvalue weighted by atomic mass is 14.9. The molecule has 1 nitrogen and oxygen atoms in total. The molecule has 0 aliphatic carbocycles. The Hall–Kier alpha value is -0.0400. The van der Waals surface area contributed by atoms with Crippen molar-refractivity contribution in [1.82, 2.24) is 5.32 Å². The molecule has 0 aromatic heterocycles. The lowest BCUT2D eigenvalue weighted by Gasteiger charge is -2.21. The molecular formula is C12H27N. The van der Waals surface area contributed by atoms with E-state index in [-0.39, 0.29) is 0 Å². The van der Waals surface area contributed by atoms with E-state index in [0.717, 1.165) is 11.8 Å². The summed E-state index contributed by atoms with van der Waals surface area (Å²) in [6.07, 6.45) is 3.87. The highest BCUT2D eigenvalue weighted by Gasteiger charge is 2.09. The van der Waals surface area contributed by atoms with Crippen molar-refractivity contribution in [3.05, 3.63) is 0 Å². The molecule has 0 amide bonds. The minimum atomic E-state index is 0.712. The largest absolute Gasteiger partial charge is 0.314 e. The van der Waals surface area contributed by atoms with Crippen molar-refractivity contribution in [3.8, 4) is 0 Å². The maximum absolute atomic E-state index is 3.63. The Morgan fingerprint density at radius 1 is 1.00 bits per heavy atom. The summed E-state index contributed by atoms with van der Waals surface area (Å²) in [7, 11) is 0. The monoisotopic (exact) mass is 185 g/mol. The molecule has 0 saturated carbocycles. The fourth-order valence-electron chi connectivity index (χ4n) is 1.57. The standard InChI is InChI=1S/C12H27N/c1-6-11(5)8-9-13-12(7-2)10(3)4/h10-13H,6-9H2,1-5H3. The zero-order chi connectivity index (χ0) is 10.3. The first-order chi connectivity index (χ1) is 6.11. The van der Waals surface area contributed by atoms with Gasteiger partial charge in [-0.15, -0.1) is 0 Å². The zero-order valence-electron chi connectivity index (χ0n) is 10.1. The SMILES string of the molecule is CCC(C)CCNC(CC)C(C)C. The molecule has 0 aliphatic heterocycles. The van der Waals surface area contributed by atoms with E-state index in [9.17, 15) is 0 Å². The van der Waals surface area contributed by atoms with Crippen molar-refractivity contribution >= 4 is 0 Å². The maximum Gasteiger partial charge on any atom is 0.00874 e. The molecule has 0 bridgehead atoms. The topological polar surface area (TPSA) is 12.0 Å². The Morgan fingerprint density at radius 3 is 2.00 bits per heavy atom. The third-order valence-corrected chi connectivity index (χ3v) is 2.99. The molecule has 0 aliphatic rings. The lowest BCUT2D eigenvalue weighted by Crippen LogP contribution is -2.34. The smallest absolute Gasteiger partial charge is 0.00874 e. The van der Waals surface area contributed by atoms with Crippen LogP contribution in [0.15, 0.2) is 0 Å². The third kappa shape index (κ3) is 6.09. The Bertz CT molecular complexity index is 110. The van der Waals surface area contributed by atoms with Gasteiger partial charge in [0.05, 0.1) is 0 Å². The van der Waals surface area contributed by atoms with Gasteiger partial charge in [-0.05, 0) is 31.2 Å². The van der Waals surface area contributed by atoms with Crippen molar-refractivity contribution in [2.24, 2.45) is 11.8 Å². The molecule has 2 atom stereocenters. The summed E-state index contributed by atoms with van der Waals surface area (Å²) >= 11 is 0. The van der Waals surface area contributed by atoms with E-state index in [1.807, 2.05) is 0 Å². The Morgan fingerprint density at radius 2 is 1.62 bits per heavy atom. The average molecular weight is 185 g/mol. The molecule has 1 heteroatoms. The number of nitrogens with one attached hydrogen (secondary N) is 1. The van der Waals surface area contributed by atoms with E-state index in [1.165, 1.54) is 25.8 Å². The molecule has 0 heterocycles. The van der Waals surface area contributed by atoms with Gasteiger partial charge in [-0.1, -0.05) is 41.0 Å². The van der Waals surface area contributed by atoms with Gasteiger partial charge in [-0.25, -0.2) is 0 Å². The van der Waals surface area contributed by atoms with Crippen molar-refractivity contribution in [2.45, 2.75) is 59.9 Å². The fraction of sp³-hybridized carbons (Fsp3) is 1.00. The third-order valence-electron chi connectivity index (χ3n) is 2.99. The van der Waals surface area contributed by atoms with E-state index in [2.05, 4.69) is 39.9 Å². The second kappa shape index (κ2) is 7.37. The minimum Gasteiger partial charge on any atom is -0.314 e. The molecule has 80 valence electrons. The van der Waals surface area contributed by atoms with Gasteiger partial charge in [0.25, 0.3) is 0 Å². The van der Waals surface area contributed by atoms with Gasteiger partial charge in [-0.2, -0.15) is 0 Å². The lowest BCUT2D eigenvalue weighted by molar-refractivity contribution is 0.369. The molecule has 0 aromatic rings. The van der Waals surface area contributed by atoms with E-state index in [0.29, 0.717) is 6.04 Å². The summed E-state index contributed by atoms with van der Waals surface area (Å²) in [5.41, 5.74) is 0. The molecule has 0 spiro atoms.